The summed E-state index contributed by atoms with van der Waals surface area (Å²) in [6.07, 6.45) is -2.29. The fourth-order valence-corrected chi connectivity index (χ4v) is 7.71. The fraction of sp³-hybridized carbons (Fsp3) is 0.500. The van der Waals surface area contributed by atoms with E-state index < -0.39 is 38.9 Å². The second-order valence-electron chi connectivity index (χ2n) is 9.84. The topological polar surface area (TPSA) is 66.5 Å². The van der Waals surface area contributed by atoms with Crippen LogP contribution in [0, 0.1) is 0 Å². The van der Waals surface area contributed by atoms with Gasteiger partial charge in [0.25, 0.3) is 5.91 Å². The largest absolute Gasteiger partial charge is 0.416 e. The normalized spacial score (nSPS) is 19.6. The molecular weight excluding hydrogens is 567 g/mol. The summed E-state index contributed by atoms with van der Waals surface area (Å²) in [5.74, 6) is -0.852. The molecule has 38 heavy (non-hydrogen) atoms. The van der Waals surface area contributed by atoms with Crippen molar-refractivity contribution in [3.8, 4) is 0 Å². The molecule has 1 N–H and O–H groups in total. The number of hydrogen-bond acceptors (Lipinski definition) is 4. The second-order valence-corrected chi connectivity index (χ2v) is 12.9. The Labute approximate surface area is 229 Å². The van der Waals surface area contributed by atoms with Crippen LogP contribution in [0.15, 0.2) is 35.2 Å². The van der Waals surface area contributed by atoms with Gasteiger partial charge in [-0.2, -0.15) is 13.2 Å². The molecule has 4 rings (SSSR count). The van der Waals surface area contributed by atoms with Gasteiger partial charge in [-0.25, -0.2) is 12.8 Å². The number of likely N-dealkylation sites (tertiary alicyclic amines) is 1. The van der Waals surface area contributed by atoms with Gasteiger partial charge >= 0.3 is 6.18 Å². The summed E-state index contributed by atoms with van der Waals surface area (Å²) in [5, 5.41) is 2.00. The number of hydrogen-bond donors (Lipinski definition) is 1. The van der Waals surface area contributed by atoms with Crippen molar-refractivity contribution in [1.82, 2.24) is 10.2 Å². The lowest BCUT2D eigenvalue weighted by atomic mass is 10.0. The van der Waals surface area contributed by atoms with Crippen molar-refractivity contribution in [2.45, 2.75) is 74.1 Å². The number of nitrogens with one attached hydrogen (secondary N) is 1. The summed E-state index contributed by atoms with van der Waals surface area (Å²) in [6.45, 7) is 0.0115. The van der Waals surface area contributed by atoms with Gasteiger partial charge in [-0.05, 0) is 73.7 Å². The van der Waals surface area contributed by atoms with Crippen LogP contribution in [0.2, 0.25) is 10.0 Å². The molecule has 2 fully saturated rings. The van der Waals surface area contributed by atoms with E-state index in [0.717, 1.165) is 25.0 Å². The van der Waals surface area contributed by atoms with E-state index in [2.05, 4.69) is 5.32 Å². The Hall–Kier alpha value is -1.88. The van der Waals surface area contributed by atoms with Crippen LogP contribution in [-0.4, -0.2) is 43.7 Å². The van der Waals surface area contributed by atoms with Crippen molar-refractivity contribution in [3.05, 3.63) is 62.6 Å². The van der Waals surface area contributed by atoms with Gasteiger partial charge in [0.1, 0.15) is 6.17 Å². The van der Waals surface area contributed by atoms with E-state index in [9.17, 15) is 30.8 Å². The van der Waals surface area contributed by atoms with Gasteiger partial charge in [-0.3, -0.25) is 9.69 Å². The summed E-state index contributed by atoms with van der Waals surface area (Å²) >= 11 is 12.3. The van der Waals surface area contributed by atoms with Gasteiger partial charge < -0.3 is 5.32 Å². The molecule has 5 nitrogen and oxygen atoms in total. The fourth-order valence-electron chi connectivity index (χ4n) is 5.17. The summed E-state index contributed by atoms with van der Waals surface area (Å²) < 4.78 is 82.0. The van der Waals surface area contributed by atoms with E-state index in [0.29, 0.717) is 32.2 Å². The Balaban J connectivity index is 1.57. The number of rotatable bonds is 7. The number of nitrogens with zero attached hydrogens (tertiary/aromatic N) is 1. The number of amides is 1. The molecule has 0 radical (unpaired) electrons. The van der Waals surface area contributed by atoms with Gasteiger partial charge in [-0.15, -0.1) is 0 Å². The molecule has 0 unspecified atom stereocenters. The molecule has 1 atom stereocenters. The van der Waals surface area contributed by atoms with Crippen molar-refractivity contribution in [3.63, 3.8) is 0 Å². The van der Waals surface area contributed by atoms with E-state index in [1.54, 1.807) is 4.90 Å². The maximum atomic E-state index is 14.0. The first-order valence-corrected chi connectivity index (χ1v) is 14.7. The summed E-state index contributed by atoms with van der Waals surface area (Å²) in [5.41, 5.74) is -1.36. The van der Waals surface area contributed by atoms with Crippen LogP contribution < -0.4 is 5.32 Å². The maximum Gasteiger partial charge on any atom is 0.416 e. The zero-order chi connectivity index (χ0) is 27.7. The van der Waals surface area contributed by atoms with E-state index in [-0.39, 0.29) is 51.3 Å². The number of halogens is 6. The van der Waals surface area contributed by atoms with Crippen LogP contribution in [0.4, 0.5) is 17.6 Å². The summed E-state index contributed by atoms with van der Waals surface area (Å²) in [4.78, 5) is 14.5. The van der Waals surface area contributed by atoms with Crippen LogP contribution in [0.25, 0.3) is 0 Å². The van der Waals surface area contributed by atoms with Crippen molar-refractivity contribution >= 4 is 38.9 Å². The predicted molar refractivity (Wildman–Crippen MR) is 138 cm³/mol. The van der Waals surface area contributed by atoms with Crippen LogP contribution in [0.3, 0.4) is 0 Å². The van der Waals surface area contributed by atoms with Crippen LogP contribution in [0.1, 0.15) is 65.6 Å². The monoisotopic (exact) mass is 594 g/mol. The number of benzene rings is 2. The highest BCUT2D eigenvalue weighted by atomic mass is 35.5. The number of piperidine rings is 1. The number of carbonyl (C=O) groups is 1. The standard InChI is InChI=1S/C26H28Cl2F4N2O3S/c27-18-7-8-24(38(36,37)20-5-1-2-6-20)17(10-18)13-33-25(35)16-11-22(26(30,31)32)21(23(28)12-16)15-34-9-3-4-19(29)14-34/h7-8,10-12,19-20H,1-6,9,13-15H2,(H,33,35)/t19-/m0/s1. The minimum absolute atomic E-state index is 0.0155. The Bertz CT molecular complexity index is 1300. The Morgan fingerprint density at radius 1 is 1.05 bits per heavy atom. The van der Waals surface area contributed by atoms with E-state index in [1.807, 2.05) is 0 Å². The highest BCUT2D eigenvalue weighted by molar-refractivity contribution is 7.92. The molecule has 0 aromatic heterocycles. The van der Waals surface area contributed by atoms with Gasteiger partial charge in [0.05, 0.1) is 15.7 Å². The molecule has 2 aromatic rings. The minimum Gasteiger partial charge on any atom is -0.348 e. The van der Waals surface area contributed by atoms with Gasteiger partial charge in [0.2, 0.25) is 0 Å². The number of carbonyl (C=O) groups excluding carboxylic acids is 1. The first kappa shape index (κ1) is 29.1. The van der Waals surface area contributed by atoms with Gasteiger partial charge in [0.15, 0.2) is 9.84 Å². The zero-order valence-corrected chi connectivity index (χ0v) is 22.8. The molecule has 1 heterocycles. The Morgan fingerprint density at radius 3 is 2.42 bits per heavy atom. The SMILES string of the molecule is O=C(NCc1cc(Cl)ccc1S(=O)(=O)C1CCCC1)c1cc(Cl)c(CN2CCC[C@H](F)C2)c(C(F)(F)F)c1. The molecule has 1 saturated carbocycles. The molecule has 1 aliphatic carbocycles. The molecule has 1 saturated heterocycles. The van der Waals surface area contributed by atoms with E-state index in [1.165, 1.54) is 18.2 Å². The molecule has 2 aromatic carbocycles. The van der Waals surface area contributed by atoms with Crippen LogP contribution >= 0.6 is 23.2 Å². The van der Waals surface area contributed by atoms with Crippen LogP contribution in [-0.2, 0) is 29.1 Å². The molecule has 12 heteroatoms. The van der Waals surface area contributed by atoms with E-state index >= 15 is 0 Å². The van der Waals surface area contributed by atoms with Crippen molar-refractivity contribution < 1.29 is 30.8 Å². The predicted octanol–water partition coefficient (Wildman–Crippen LogP) is 6.59. The number of alkyl halides is 4. The Kier molecular flexibility index (Phi) is 8.96. The summed E-state index contributed by atoms with van der Waals surface area (Å²) in [6, 6.07) is 6.15. The second kappa shape index (κ2) is 11.7. The molecule has 208 valence electrons. The maximum absolute atomic E-state index is 14.0. The van der Waals surface area contributed by atoms with E-state index in [4.69, 9.17) is 23.2 Å². The van der Waals surface area contributed by atoms with Gasteiger partial charge in [0, 0.05) is 35.2 Å². The third kappa shape index (κ3) is 6.63. The first-order valence-electron chi connectivity index (χ1n) is 12.4. The van der Waals surface area contributed by atoms with Crippen molar-refractivity contribution in [1.29, 1.82) is 0 Å². The molecule has 2 aliphatic rings. The highest BCUT2D eigenvalue weighted by Gasteiger charge is 2.36. The lowest BCUT2D eigenvalue weighted by Gasteiger charge is -2.30. The highest BCUT2D eigenvalue weighted by Crippen LogP contribution is 2.37. The van der Waals surface area contributed by atoms with Crippen molar-refractivity contribution in [2.24, 2.45) is 0 Å². The minimum atomic E-state index is -4.80. The number of sulfone groups is 1. The molecular formula is C26H28Cl2F4N2O3S. The average molecular weight is 595 g/mol. The van der Waals surface area contributed by atoms with Crippen LogP contribution in [0.5, 0.6) is 0 Å². The van der Waals surface area contributed by atoms with Crippen molar-refractivity contribution in [2.75, 3.05) is 13.1 Å². The Morgan fingerprint density at radius 2 is 1.76 bits per heavy atom. The molecule has 1 aliphatic heterocycles. The smallest absolute Gasteiger partial charge is 0.348 e. The zero-order valence-electron chi connectivity index (χ0n) is 20.5. The third-order valence-electron chi connectivity index (χ3n) is 7.10. The lowest BCUT2D eigenvalue weighted by molar-refractivity contribution is -0.138. The molecule has 1 amide bonds. The molecule has 0 spiro atoms. The summed E-state index contributed by atoms with van der Waals surface area (Å²) in [7, 11) is -3.67. The third-order valence-corrected chi connectivity index (χ3v) is 10.0. The quantitative estimate of drug-likeness (QED) is 0.367. The van der Waals surface area contributed by atoms with Gasteiger partial charge in [-0.1, -0.05) is 36.0 Å². The molecule has 0 bridgehead atoms. The lowest BCUT2D eigenvalue weighted by Crippen LogP contribution is -2.36. The first-order chi connectivity index (χ1) is 17.9. The average Bonchev–Trinajstić information content (AvgIpc) is 3.39.